The van der Waals surface area contributed by atoms with Crippen molar-refractivity contribution >= 4 is 35.4 Å². The normalized spacial score (nSPS) is 17.2. The molecule has 1 saturated heterocycles. The lowest BCUT2D eigenvalue weighted by Crippen LogP contribution is -2.58. The Kier molecular flexibility index (Phi) is 11.4. The van der Waals surface area contributed by atoms with Crippen LogP contribution in [-0.2, 0) is 31.0 Å². The Bertz CT molecular complexity index is 1090. The number of nitrogens with two attached hydrogens (primary N) is 2. The van der Waals surface area contributed by atoms with E-state index >= 15 is 0 Å². The highest BCUT2D eigenvalue weighted by Crippen LogP contribution is 2.20. The van der Waals surface area contributed by atoms with Crippen LogP contribution >= 0.6 is 0 Å². The zero-order valence-corrected chi connectivity index (χ0v) is 22.9. The highest BCUT2D eigenvalue weighted by atomic mass is 16.2. The first-order valence-corrected chi connectivity index (χ1v) is 13.0. The van der Waals surface area contributed by atoms with E-state index in [2.05, 4.69) is 16.0 Å². The first kappa shape index (κ1) is 31.2. The van der Waals surface area contributed by atoms with Gasteiger partial charge in [0, 0.05) is 19.0 Å². The van der Waals surface area contributed by atoms with E-state index in [9.17, 15) is 28.8 Å². The minimum absolute atomic E-state index is 0.0163. The number of rotatable bonds is 13. The highest BCUT2D eigenvalue weighted by molar-refractivity contribution is 5.98. The SMILES string of the molecule is CC(C)C[C@H](NC(=O)[C@H](CCC(N)=O)NC(=O)[C@H](C)NC(=O)c1ccc[n+](C)c1)C(=O)N1CCC[C@H]1C(N)=O. The number of aromatic nitrogens is 1. The van der Waals surface area contributed by atoms with Gasteiger partial charge in [0.15, 0.2) is 12.4 Å². The Morgan fingerprint density at radius 3 is 2.28 bits per heavy atom. The molecule has 0 aliphatic carbocycles. The molecule has 0 aromatic carbocycles. The van der Waals surface area contributed by atoms with Crippen molar-refractivity contribution in [1.82, 2.24) is 20.9 Å². The van der Waals surface area contributed by atoms with Crippen molar-refractivity contribution < 1.29 is 33.3 Å². The van der Waals surface area contributed by atoms with Gasteiger partial charge in [0.1, 0.15) is 36.8 Å². The van der Waals surface area contributed by atoms with E-state index < -0.39 is 59.6 Å². The summed E-state index contributed by atoms with van der Waals surface area (Å²) < 4.78 is 1.69. The van der Waals surface area contributed by atoms with E-state index in [1.165, 1.54) is 11.8 Å². The molecule has 0 unspecified atom stereocenters. The lowest BCUT2D eigenvalue weighted by molar-refractivity contribution is -0.671. The molecule has 1 aliphatic rings. The second-order valence-electron chi connectivity index (χ2n) is 10.3. The van der Waals surface area contributed by atoms with Gasteiger partial charge in [-0.1, -0.05) is 13.8 Å². The zero-order valence-electron chi connectivity index (χ0n) is 22.9. The fourth-order valence-corrected chi connectivity index (χ4v) is 4.41. The molecule has 0 saturated carbocycles. The van der Waals surface area contributed by atoms with Gasteiger partial charge in [0.25, 0.3) is 5.91 Å². The molecule has 1 aliphatic heterocycles. The monoisotopic (exact) mass is 546 g/mol. The molecule has 13 nitrogen and oxygen atoms in total. The molecule has 1 fully saturated rings. The van der Waals surface area contributed by atoms with Crippen molar-refractivity contribution in [3.05, 3.63) is 30.1 Å². The molecule has 0 spiro atoms. The molecule has 13 heteroatoms. The van der Waals surface area contributed by atoms with Crippen LogP contribution in [0.15, 0.2) is 24.5 Å². The summed E-state index contributed by atoms with van der Waals surface area (Å²) in [4.78, 5) is 76.7. The predicted molar refractivity (Wildman–Crippen MR) is 140 cm³/mol. The second-order valence-corrected chi connectivity index (χ2v) is 10.3. The predicted octanol–water partition coefficient (Wildman–Crippen LogP) is -1.61. The average molecular weight is 547 g/mol. The van der Waals surface area contributed by atoms with Crippen molar-refractivity contribution in [2.24, 2.45) is 24.4 Å². The summed E-state index contributed by atoms with van der Waals surface area (Å²) in [5.41, 5.74) is 11.1. The molecular formula is C26H40N7O6+. The van der Waals surface area contributed by atoms with Gasteiger partial charge in [-0.05, 0) is 44.6 Å². The average Bonchev–Trinajstić information content (AvgIpc) is 3.35. The summed E-state index contributed by atoms with van der Waals surface area (Å²) >= 11 is 0. The molecule has 2 rings (SSSR count). The van der Waals surface area contributed by atoms with Crippen molar-refractivity contribution in [3.63, 3.8) is 0 Å². The Morgan fingerprint density at radius 2 is 1.69 bits per heavy atom. The van der Waals surface area contributed by atoms with Crippen LogP contribution in [0, 0.1) is 5.92 Å². The summed E-state index contributed by atoms with van der Waals surface area (Å²) in [5.74, 6) is -3.53. The Balaban J connectivity index is 2.15. The maximum atomic E-state index is 13.3. The number of hydrogen-bond acceptors (Lipinski definition) is 6. The number of amides is 6. The lowest BCUT2D eigenvalue weighted by Gasteiger charge is -2.30. The van der Waals surface area contributed by atoms with Gasteiger partial charge < -0.3 is 32.3 Å². The summed E-state index contributed by atoms with van der Waals surface area (Å²) in [6.45, 7) is 5.56. The van der Waals surface area contributed by atoms with Crippen LogP contribution in [0.4, 0.5) is 0 Å². The topological polar surface area (TPSA) is 198 Å². The van der Waals surface area contributed by atoms with Gasteiger partial charge >= 0.3 is 0 Å². The smallest absolute Gasteiger partial charge is 0.257 e. The van der Waals surface area contributed by atoms with Crippen LogP contribution in [-0.4, -0.2) is 71.1 Å². The van der Waals surface area contributed by atoms with Crippen LogP contribution in [0.3, 0.4) is 0 Å². The molecule has 1 aromatic heterocycles. The Hall–Kier alpha value is -4.03. The Morgan fingerprint density at radius 1 is 1.03 bits per heavy atom. The number of nitrogens with one attached hydrogen (secondary N) is 3. The van der Waals surface area contributed by atoms with Gasteiger partial charge in [0.05, 0.1) is 0 Å². The van der Waals surface area contributed by atoms with Crippen LogP contribution in [0.25, 0.3) is 0 Å². The third-order valence-corrected chi connectivity index (χ3v) is 6.44. The number of pyridine rings is 1. The van der Waals surface area contributed by atoms with Crippen LogP contribution in [0.2, 0.25) is 0 Å². The van der Waals surface area contributed by atoms with Crippen molar-refractivity contribution in [2.45, 2.75) is 77.0 Å². The summed E-state index contributed by atoms with van der Waals surface area (Å²) in [6, 6.07) is -0.648. The zero-order chi connectivity index (χ0) is 29.3. The molecule has 7 N–H and O–H groups in total. The van der Waals surface area contributed by atoms with Crippen LogP contribution < -0.4 is 32.0 Å². The standard InChI is InChI=1S/C26H39N7O6/c1-15(2)13-19(26(39)33-12-6-8-20(33)22(28)35)31-25(38)18(9-10-21(27)34)30-23(36)16(3)29-24(37)17-7-5-11-32(4)14-17/h5,7,11,14-16,18-20H,6,8-10,12-13H2,1-4H3,(H6-,27,28,29,30,31,34,35,36,37,38)/p+1/t16-,18-,19-,20-/m0/s1. The molecule has 4 atom stereocenters. The summed E-state index contributed by atoms with van der Waals surface area (Å²) in [5, 5.41) is 7.82. The van der Waals surface area contributed by atoms with Gasteiger partial charge in [-0.2, -0.15) is 0 Å². The second kappa shape index (κ2) is 14.2. The number of hydrogen-bond donors (Lipinski definition) is 5. The summed E-state index contributed by atoms with van der Waals surface area (Å²) in [6.07, 6.45) is 4.39. The number of nitrogens with zero attached hydrogens (tertiary/aromatic N) is 2. The first-order valence-electron chi connectivity index (χ1n) is 13.0. The van der Waals surface area contributed by atoms with E-state index in [-0.39, 0.29) is 25.2 Å². The molecule has 2 heterocycles. The Labute approximate surface area is 228 Å². The van der Waals surface area contributed by atoms with E-state index in [4.69, 9.17) is 11.5 Å². The fourth-order valence-electron chi connectivity index (χ4n) is 4.41. The van der Waals surface area contributed by atoms with Gasteiger partial charge in [-0.25, -0.2) is 4.57 Å². The van der Waals surface area contributed by atoms with Crippen molar-refractivity contribution in [1.29, 1.82) is 0 Å². The van der Waals surface area contributed by atoms with E-state index in [1.54, 1.807) is 36.1 Å². The minimum Gasteiger partial charge on any atom is -0.370 e. The summed E-state index contributed by atoms with van der Waals surface area (Å²) in [7, 11) is 1.75. The number of carbonyl (C=O) groups is 6. The molecule has 0 radical (unpaired) electrons. The largest absolute Gasteiger partial charge is 0.370 e. The molecule has 1 aromatic rings. The van der Waals surface area contributed by atoms with Crippen molar-refractivity contribution in [2.75, 3.05) is 6.54 Å². The van der Waals surface area contributed by atoms with Crippen LogP contribution in [0.5, 0.6) is 0 Å². The van der Waals surface area contributed by atoms with E-state index in [0.29, 0.717) is 24.9 Å². The molecular weight excluding hydrogens is 506 g/mol. The van der Waals surface area contributed by atoms with Gasteiger partial charge in [0.2, 0.25) is 29.5 Å². The lowest BCUT2D eigenvalue weighted by atomic mass is 10.0. The molecule has 39 heavy (non-hydrogen) atoms. The number of primary amides is 2. The van der Waals surface area contributed by atoms with E-state index in [0.717, 1.165) is 0 Å². The third kappa shape index (κ3) is 9.34. The fraction of sp³-hybridized carbons (Fsp3) is 0.577. The number of aryl methyl sites for hydroxylation is 1. The molecule has 0 bridgehead atoms. The number of carbonyl (C=O) groups excluding carboxylic acids is 6. The van der Waals surface area contributed by atoms with Gasteiger partial charge in [-0.15, -0.1) is 0 Å². The third-order valence-electron chi connectivity index (χ3n) is 6.44. The maximum absolute atomic E-state index is 13.3. The highest BCUT2D eigenvalue weighted by Gasteiger charge is 2.37. The van der Waals surface area contributed by atoms with Crippen molar-refractivity contribution in [3.8, 4) is 0 Å². The van der Waals surface area contributed by atoms with Gasteiger partial charge in [-0.3, -0.25) is 28.8 Å². The quantitative estimate of drug-likeness (QED) is 0.184. The minimum atomic E-state index is -1.20. The first-order chi connectivity index (χ1) is 18.3. The molecule has 214 valence electrons. The maximum Gasteiger partial charge on any atom is 0.257 e. The molecule has 6 amide bonds. The number of likely N-dealkylation sites (tertiary alicyclic amines) is 1. The van der Waals surface area contributed by atoms with E-state index in [1.807, 2.05) is 13.8 Å². The van der Waals surface area contributed by atoms with Crippen LogP contribution in [0.1, 0.15) is 63.2 Å².